The zero-order chi connectivity index (χ0) is 12.4. The van der Waals surface area contributed by atoms with Crippen LogP contribution in [0.1, 0.15) is 26.2 Å². The highest BCUT2D eigenvalue weighted by Gasteiger charge is 2.34. The lowest BCUT2D eigenvalue weighted by Crippen LogP contribution is -2.62. The molecule has 0 aromatic heterocycles. The minimum Gasteiger partial charge on any atom is -0.371 e. The Balaban J connectivity index is 1.37. The van der Waals surface area contributed by atoms with E-state index in [4.69, 9.17) is 4.74 Å². The van der Waals surface area contributed by atoms with Crippen molar-refractivity contribution in [3.63, 3.8) is 0 Å². The van der Waals surface area contributed by atoms with Gasteiger partial charge in [-0.15, -0.1) is 0 Å². The van der Waals surface area contributed by atoms with Crippen LogP contribution in [0.3, 0.4) is 0 Å². The molecule has 0 unspecified atom stereocenters. The van der Waals surface area contributed by atoms with Crippen molar-refractivity contribution in [1.29, 1.82) is 0 Å². The fraction of sp³-hybridized carbons (Fsp3) is 1.00. The average Bonchev–Trinajstić information content (AvgIpc) is 2.34. The molecule has 0 radical (unpaired) electrons. The van der Waals surface area contributed by atoms with Crippen LogP contribution >= 0.6 is 0 Å². The predicted octanol–water partition coefficient (Wildman–Crippen LogP) is 0.533. The molecule has 3 aliphatic rings. The standard InChI is InChI=1S/C14H27N3O/c1-12-7-15-8-14(18-12)11-16-9-13(10-16)17-5-3-2-4-6-17/h12-15H,2-11H2,1H3/t12-,14+/m1/s1. The quantitative estimate of drug-likeness (QED) is 0.794. The Labute approximate surface area is 111 Å². The lowest BCUT2D eigenvalue weighted by Gasteiger charge is -2.48. The van der Waals surface area contributed by atoms with E-state index in [1.807, 2.05) is 0 Å². The van der Waals surface area contributed by atoms with Gasteiger partial charge in [-0.05, 0) is 32.9 Å². The second-order valence-electron chi connectivity index (χ2n) is 6.20. The smallest absolute Gasteiger partial charge is 0.0830 e. The fourth-order valence-electron chi connectivity index (χ4n) is 3.47. The highest BCUT2D eigenvalue weighted by molar-refractivity contribution is 4.91. The Bertz CT molecular complexity index is 262. The highest BCUT2D eigenvalue weighted by atomic mass is 16.5. The van der Waals surface area contributed by atoms with Gasteiger partial charge in [-0.1, -0.05) is 6.42 Å². The molecule has 3 heterocycles. The summed E-state index contributed by atoms with van der Waals surface area (Å²) >= 11 is 0. The number of hydrogen-bond donors (Lipinski definition) is 1. The van der Waals surface area contributed by atoms with E-state index in [9.17, 15) is 0 Å². The normalized spacial score (nSPS) is 36.5. The number of morpholine rings is 1. The largest absolute Gasteiger partial charge is 0.371 e. The van der Waals surface area contributed by atoms with Crippen molar-refractivity contribution >= 4 is 0 Å². The molecule has 3 rings (SSSR count). The third-order valence-corrected chi connectivity index (χ3v) is 4.54. The summed E-state index contributed by atoms with van der Waals surface area (Å²) in [5.74, 6) is 0. The van der Waals surface area contributed by atoms with Gasteiger partial charge in [0.25, 0.3) is 0 Å². The molecule has 0 aromatic rings. The minimum atomic E-state index is 0.378. The number of hydrogen-bond acceptors (Lipinski definition) is 4. The summed E-state index contributed by atoms with van der Waals surface area (Å²) in [4.78, 5) is 5.26. The van der Waals surface area contributed by atoms with Crippen LogP contribution in [0.4, 0.5) is 0 Å². The molecule has 0 bridgehead atoms. The van der Waals surface area contributed by atoms with E-state index < -0.39 is 0 Å². The third kappa shape index (κ3) is 3.05. The van der Waals surface area contributed by atoms with Crippen LogP contribution in [-0.4, -0.2) is 73.9 Å². The molecule has 0 aliphatic carbocycles. The Morgan fingerprint density at radius 2 is 1.89 bits per heavy atom. The summed E-state index contributed by atoms with van der Waals surface area (Å²) in [5.41, 5.74) is 0. The zero-order valence-corrected chi connectivity index (χ0v) is 11.6. The second-order valence-corrected chi connectivity index (χ2v) is 6.20. The first kappa shape index (κ1) is 12.9. The van der Waals surface area contributed by atoms with E-state index in [0.717, 1.165) is 25.7 Å². The van der Waals surface area contributed by atoms with Crippen LogP contribution in [-0.2, 0) is 4.74 Å². The molecular formula is C14H27N3O. The van der Waals surface area contributed by atoms with Crippen molar-refractivity contribution in [3.8, 4) is 0 Å². The maximum Gasteiger partial charge on any atom is 0.0830 e. The Kier molecular flexibility index (Phi) is 4.19. The fourth-order valence-corrected chi connectivity index (χ4v) is 3.47. The average molecular weight is 253 g/mol. The van der Waals surface area contributed by atoms with E-state index in [2.05, 4.69) is 22.0 Å². The van der Waals surface area contributed by atoms with Crippen molar-refractivity contribution in [2.24, 2.45) is 0 Å². The van der Waals surface area contributed by atoms with Gasteiger partial charge in [0.2, 0.25) is 0 Å². The van der Waals surface area contributed by atoms with Crippen molar-refractivity contribution < 1.29 is 4.74 Å². The topological polar surface area (TPSA) is 27.7 Å². The van der Waals surface area contributed by atoms with E-state index in [-0.39, 0.29) is 0 Å². The van der Waals surface area contributed by atoms with Gasteiger partial charge in [0.15, 0.2) is 0 Å². The minimum absolute atomic E-state index is 0.378. The monoisotopic (exact) mass is 253 g/mol. The SMILES string of the molecule is C[C@@H]1CNC[C@@H](CN2CC(N3CCCCC3)C2)O1. The van der Waals surface area contributed by atoms with Crippen LogP contribution < -0.4 is 5.32 Å². The van der Waals surface area contributed by atoms with Crippen LogP contribution in [0.25, 0.3) is 0 Å². The maximum absolute atomic E-state index is 5.96. The molecule has 104 valence electrons. The molecule has 0 aromatic carbocycles. The second kappa shape index (κ2) is 5.87. The van der Waals surface area contributed by atoms with Gasteiger partial charge >= 0.3 is 0 Å². The summed E-state index contributed by atoms with van der Waals surface area (Å²) in [7, 11) is 0. The van der Waals surface area contributed by atoms with Gasteiger partial charge in [0.05, 0.1) is 12.2 Å². The summed E-state index contributed by atoms with van der Waals surface area (Å²) in [6.45, 7) is 10.5. The first-order valence-corrected chi connectivity index (χ1v) is 7.64. The molecule has 3 fully saturated rings. The number of ether oxygens (including phenoxy) is 1. The Morgan fingerprint density at radius 3 is 2.61 bits per heavy atom. The molecule has 2 atom stereocenters. The maximum atomic E-state index is 5.96. The summed E-state index contributed by atoms with van der Waals surface area (Å²) in [6, 6.07) is 0.833. The molecule has 3 aliphatic heterocycles. The van der Waals surface area contributed by atoms with Crippen LogP contribution in [0.2, 0.25) is 0 Å². The molecule has 4 heteroatoms. The first-order valence-electron chi connectivity index (χ1n) is 7.64. The molecule has 0 spiro atoms. The molecule has 0 saturated carbocycles. The number of nitrogens with zero attached hydrogens (tertiary/aromatic N) is 2. The Morgan fingerprint density at radius 1 is 1.11 bits per heavy atom. The first-order chi connectivity index (χ1) is 8.81. The highest BCUT2D eigenvalue weighted by Crippen LogP contribution is 2.20. The number of nitrogens with one attached hydrogen (secondary N) is 1. The van der Waals surface area contributed by atoms with E-state index in [0.29, 0.717) is 12.2 Å². The zero-order valence-electron chi connectivity index (χ0n) is 11.6. The molecule has 18 heavy (non-hydrogen) atoms. The number of likely N-dealkylation sites (tertiary alicyclic amines) is 2. The van der Waals surface area contributed by atoms with Crippen molar-refractivity contribution in [1.82, 2.24) is 15.1 Å². The molecular weight excluding hydrogens is 226 g/mol. The molecule has 4 nitrogen and oxygen atoms in total. The number of rotatable bonds is 3. The summed E-state index contributed by atoms with van der Waals surface area (Å²) in [6.07, 6.45) is 5.03. The van der Waals surface area contributed by atoms with Gasteiger partial charge < -0.3 is 10.1 Å². The van der Waals surface area contributed by atoms with E-state index in [1.165, 1.54) is 45.4 Å². The van der Waals surface area contributed by atoms with Gasteiger partial charge in [-0.3, -0.25) is 9.80 Å². The lowest BCUT2D eigenvalue weighted by atomic mass is 10.0. The summed E-state index contributed by atoms with van der Waals surface area (Å²) < 4.78 is 5.96. The van der Waals surface area contributed by atoms with Crippen LogP contribution in [0.5, 0.6) is 0 Å². The lowest BCUT2D eigenvalue weighted by molar-refractivity contribution is -0.0660. The van der Waals surface area contributed by atoms with Gasteiger partial charge in [0.1, 0.15) is 0 Å². The van der Waals surface area contributed by atoms with Crippen LogP contribution in [0, 0.1) is 0 Å². The Hall–Kier alpha value is -0.160. The van der Waals surface area contributed by atoms with Gasteiger partial charge in [-0.25, -0.2) is 0 Å². The number of piperidine rings is 1. The van der Waals surface area contributed by atoms with Crippen LogP contribution in [0.15, 0.2) is 0 Å². The summed E-state index contributed by atoms with van der Waals surface area (Å²) in [5, 5.41) is 3.45. The third-order valence-electron chi connectivity index (χ3n) is 4.54. The van der Waals surface area contributed by atoms with Gasteiger partial charge in [-0.2, -0.15) is 0 Å². The van der Waals surface area contributed by atoms with Crippen molar-refractivity contribution in [2.75, 3.05) is 45.8 Å². The van der Waals surface area contributed by atoms with E-state index >= 15 is 0 Å². The van der Waals surface area contributed by atoms with Crippen molar-refractivity contribution in [3.05, 3.63) is 0 Å². The van der Waals surface area contributed by atoms with Crippen molar-refractivity contribution in [2.45, 2.75) is 44.4 Å². The van der Waals surface area contributed by atoms with Gasteiger partial charge in [0, 0.05) is 38.8 Å². The molecule has 3 saturated heterocycles. The van der Waals surface area contributed by atoms with E-state index in [1.54, 1.807) is 0 Å². The molecule has 0 amide bonds. The predicted molar refractivity (Wildman–Crippen MR) is 72.9 cm³/mol. The molecule has 1 N–H and O–H groups in total.